The predicted molar refractivity (Wildman–Crippen MR) is 101 cm³/mol. The second-order valence-corrected chi connectivity index (χ2v) is 7.28. The average molecular weight is 395 g/mol. The number of likely N-dealkylation sites (tertiary alicyclic amines) is 1. The Morgan fingerprint density at radius 3 is 2.73 bits per heavy atom. The first-order valence-electron chi connectivity index (χ1n) is 8.46. The molecule has 1 saturated heterocycles. The summed E-state index contributed by atoms with van der Waals surface area (Å²) in [6.07, 6.45) is 1.39. The largest absolute Gasteiger partial charge is 0.466 e. The lowest BCUT2D eigenvalue weighted by atomic mass is 10.1. The van der Waals surface area contributed by atoms with Crippen molar-refractivity contribution < 1.29 is 14.0 Å². The Kier molecular flexibility index (Phi) is 5.58. The minimum Gasteiger partial charge on any atom is -0.466 e. The second-order valence-electron chi connectivity index (χ2n) is 6.44. The Morgan fingerprint density at radius 1 is 1.27 bits per heavy atom. The van der Waals surface area contributed by atoms with Gasteiger partial charge < -0.3 is 14.6 Å². The molecule has 5 nitrogen and oxygen atoms in total. The molecular weight excluding hydrogens is 375 g/mol. The maximum Gasteiger partial charge on any atom is 0.256 e. The van der Waals surface area contributed by atoms with Crippen molar-refractivity contribution in [3.8, 4) is 0 Å². The lowest BCUT2D eigenvalue weighted by Gasteiger charge is -2.24. The number of halogens is 2. The third-order valence-corrected chi connectivity index (χ3v) is 5.14. The van der Waals surface area contributed by atoms with Gasteiger partial charge in [-0.05, 0) is 51.0 Å². The molecule has 1 aliphatic heterocycles. The number of carbonyl (C=O) groups excluding carboxylic acids is 2. The molecule has 0 spiro atoms. The molecule has 3 rings (SSSR count). The van der Waals surface area contributed by atoms with Crippen LogP contribution in [0.3, 0.4) is 0 Å². The van der Waals surface area contributed by atoms with Crippen molar-refractivity contribution in [1.82, 2.24) is 10.2 Å². The van der Waals surface area contributed by atoms with Crippen LogP contribution in [0.4, 0.5) is 0 Å². The average Bonchev–Trinajstić information content (AvgIpc) is 3.20. The van der Waals surface area contributed by atoms with Crippen LogP contribution in [0.1, 0.15) is 40.3 Å². The van der Waals surface area contributed by atoms with Crippen molar-refractivity contribution in [2.24, 2.45) is 0 Å². The van der Waals surface area contributed by atoms with Crippen LogP contribution in [0.5, 0.6) is 0 Å². The summed E-state index contributed by atoms with van der Waals surface area (Å²) in [5, 5.41) is 3.67. The number of benzene rings is 1. The van der Waals surface area contributed by atoms with E-state index >= 15 is 0 Å². The molecule has 2 aromatic rings. The maximum atomic E-state index is 12.9. The van der Waals surface area contributed by atoms with E-state index in [1.165, 1.54) is 6.07 Å². The predicted octanol–water partition coefficient (Wildman–Crippen LogP) is 4.12. The quantitative estimate of drug-likeness (QED) is 0.847. The van der Waals surface area contributed by atoms with E-state index in [0.717, 1.165) is 23.5 Å². The highest BCUT2D eigenvalue weighted by Crippen LogP contribution is 2.26. The molecule has 1 atom stereocenters. The minimum atomic E-state index is -0.508. The lowest BCUT2D eigenvalue weighted by molar-refractivity contribution is -0.125. The summed E-state index contributed by atoms with van der Waals surface area (Å²) in [5.41, 5.74) is 1.25. The molecule has 2 heterocycles. The number of hydrogen-bond acceptors (Lipinski definition) is 3. The molecule has 0 radical (unpaired) electrons. The van der Waals surface area contributed by atoms with E-state index in [1.807, 2.05) is 19.9 Å². The number of nitrogens with zero attached hydrogens (tertiary/aromatic N) is 1. The van der Waals surface area contributed by atoms with E-state index in [2.05, 4.69) is 5.32 Å². The fraction of sp³-hybridized carbons (Fsp3) is 0.368. The molecule has 1 N–H and O–H groups in total. The van der Waals surface area contributed by atoms with Crippen LogP contribution in [0, 0.1) is 13.8 Å². The number of aryl methyl sites for hydroxylation is 2. The molecule has 1 fully saturated rings. The monoisotopic (exact) mass is 394 g/mol. The molecule has 1 aromatic heterocycles. The van der Waals surface area contributed by atoms with Crippen LogP contribution < -0.4 is 5.32 Å². The van der Waals surface area contributed by atoms with Gasteiger partial charge in [-0.2, -0.15) is 0 Å². The van der Waals surface area contributed by atoms with Crippen molar-refractivity contribution in [2.75, 3.05) is 6.54 Å². The number of carbonyl (C=O) groups is 2. The van der Waals surface area contributed by atoms with Gasteiger partial charge in [0.05, 0.1) is 10.6 Å². The fourth-order valence-corrected chi connectivity index (χ4v) is 3.63. The van der Waals surface area contributed by atoms with Crippen molar-refractivity contribution in [3.05, 3.63) is 57.0 Å². The number of hydrogen-bond donors (Lipinski definition) is 1. The summed E-state index contributed by atoms with van der Waals surface area (Å²) in [4.78, 5) is 27.1. The van der Waals surface area contributed by atoms with Gasteiger partial charge in [0.25, 0.3) is 5.91 Å². The lowest BCUT2D eigenvalue weighted by Crippen LogP contribution is -2.45. The van der Waals surface area contributed by atoms with Gasteiger partial charge in [0, 0.05) is 23.7 Å². The Balaban J connectivity index is 1.71. The van der Waals surface area contributed by atoms with E-state index < -0.39 is 6.04 Å². The van der Waals surface area contributed by atoms with Gasteiger partial charge in [0.1, 0.15) is 17.6 Å². The van der Waals surface area contributed by atoms with E-state index in [-0.39, 0.29) is 11.8 Å². The van der Waals surface area contributed by atoms with Crippen LogP contribution >= 0.6 is 23.2 Å². The van der Waals surface area contributed by atoms with Crippen LogP contribution in [0.2, 0.25) is 10.0 Å². The highest BCUT2D eigenvalue weighted by molar-refractivity contribution is 6.35. The summed E-state index contributed by atoms with van der Waals surface area (Å²) < 4.78 is 5.47. The number of furan rings is 1. The molecule has 0 saturated carbocycles. The smallest absolute Gasteiger partial charge is 0.256 e. The van der Waals surface area contributed by atoms with Crippen LogP contribution in [-0.4, -0.2) is 29.3 Å². The van der Waals surface area contributed by atoms with Gasteiger partial charge in [0.2, 0.25) is 5.91 Å². The first-order valence-corrected chi connectivity index (χ1v) is 9.22. The Morgan fingerprint density at radius 2 is 2.04 bits per heavy atom. The zero-order valence-electron chi connectivity index (χ0n) is 14.6. The third kappa shape index (κ3) is 3.89. The Labute approximate surface area is 162 Å². The third-order valence-electron chi connectivity index (χ3n) is 4.57. The zero-order chi connectivity index (χ0) is 18.8. The molecule has 1 aromatic carbocycles. The number of nitrogens with one attached hydrogen (secondary N) is 1. The van der Waals surface area contributed by atoms with Crippen molar-refractivity contribution in [3.63, 3.8) is 0 Å². The van der Waals surface area contributed by atoms with Crippen molar-refractivity contribution >= 4 is 35.0 Å². The summed E-state index contributed by atoms with van der Waals surface area (Å²) in [6.45, 7) is 4.62. The summed E-state index contributed by atoms with van der Waals surface area (Å²) in [6, 6.07) is 6.15. The van der Waals surface area contributed by atoms with Gasteiger partial charge >= 0.3 is 0 Å². The topological polar surface area (TPSA) is 62.6 Å². The van der Waals surface area contributed by atoms with Crippen LogP contribution in [0.25, 0.3) is 0 Å². The first kappa shape index (κ1) is 18.8. The zero-order valence-corrected chi connectivity index (χ0v) is 16.2. The van der Waals surface area contributed by atoms with Crippen LogP contribution in [0.15, 0.2) is 28.7 Å². The van der Waals surface area contributed by atoms with E-state index in [1.54, 1.807) is 17.0 Å². The highest BCUT2D eigenvalue weighted by atomic mass is 35.5. The SMILES string of the molecule is Cc1cc(CNC(=O)C2CCCN2C(=O)c2cc(Cl)ccc2Cl)c(C)o1. The van der Waals surface area contributed by atoms with Gasteiger partial charge in [-0.25, -0.2) is 0 Å². The normalized spacial score (nSPS) is 16.8. The molecule has 26 heavy (non-hydrogen) atoms. The van der Waals surface area contributed by atoms with Gasteiger partial charge in [-0.1, -0.05) is 23.2 Å². The van der Waals surface area contributed by atoms with Gasteiger partial charge in [-0.3, -0.25) is 9.59 Å². The molecule has 2 amide bonds. The Bertz CT molecular complexity index is 847. The molecule has 138 valence electrons. The van der Waals surface area contributed by atoms with Crippen molar-refractivity contribution in [2.45, 2.75) is 39.3 Å². The summed E-state index contributed by atoms with van der Waals surface area (Å²) >= 11 is 12.1. The van der Waals surface area contributed by atoms with Crippen LogP contribution in [-0.2, 0) is 11.3 Å². The molecule has 7 heteroatoms. The van der Waals surface area contributed by atoms with Crippen molar-refractivity contribution in [1.29, 1.82) is 0 Å². The van der Waals surface area contributed by atoms with Gasteiger partial charge in [-0.15, -0.1) is 0 Å². The van der Waals surface area contributed by atoms with E-state index in [9.17, 15) is 9.59 Å². The first-order chi connectivity index (χ1) is 12.4. The van der Waals surface area contributed by atoms with E-state index in [0.29, 0.717) is 35.1 Å². The molecule has 1 unspecified atom stereocenters. The fourth-order valence-electron chi connectivity index (χ4n) is 3.26. The number of rotatable bonds is 4. The summed E-state index contributed by atoms with van der Waals surface area (Å²) in [5.74, 6) is 1.14. The molecule has 1 aliphatic rings. The maximum absolute atomic E-state index is 12.9. The molecular formula is C19H20Cl2N2O3. The highest BCUT2D eigenvalue weighted by Gasteiger charge is 2.35. The number of amides is 2. The van der Waals surface area contributed by atoms with E-state index in [4.69, 9.17) is 27.6 Å². The molecule has 0 aliphatic carbocycles. The molecule has 0 bridgehead atoms. The van der Waals surface area contributed by atoms with Gasteiger partial charge in [0.15, 0.2) is 0 Å². The minimum absolute atomic E-state index is 0.174. The Hall–Kier alpha value is -1.98. The second kappa shape index (κ2) is 7.72. The standard InChI is InChI=1S/C19H20Cl2N2O3/c1-11-8-13(12(2)26-11)10-22-18(24)17-4-3-7-23(17)19(25)15-9-14(20)5-6-16(15)21/h5-6,8-9,17H,3-4,7,10H2,1-2H3,(H,22,24). The summed E-state index contributed by atoms with van der Waals surface area (Å²) in [7, 11) is 0.